The molecule has 3 aliphatic rings. The molecule has 2 unspecified atom stereocenters. The van der Waals surface area contributed by atoms with Crippen molar-refractivity contribution in [3.8, 4) is 0 Å². The molecule has 2 aromatic rings. The summed E-state index contributed by atoms with van der Waals surface area (Å²) < 4.78 is 0. The lowest BCUT2D eigenvalue weighted by molar-refractivity contribution is -0.119. The van der Waals surface area contributed by atoms with Gasteiger partial charge in [-0.3, -0.25) is 14.6 Å². The van der Waals surface area contributed by atoms with E-state index in [1.165, 1.54) is 6.42 Å². The number of amides is 4. The van der Waals surface area contributed by atoms with E-state index < -0.39 is 6.04 Å². The fourth-order valence-corrected chi connectivity index (χ4v) is 5.05. The number of anilines is 1. The van der Waals surface area contributed by atoms with Crippen molar-refractivity contribution in [3.63, 3.8) is 0 Å². The summed E-state index contributed by atoms with van der Waals surface area (Å²) in [6.07, 6.45) is 11.4. The molecule has 1 saturated carbocycles. The van der Waals surface area contributed by atoms with E-state index in [4.69, 9.17) is 0 Å². The number of carbonyl (C=O) groups excluding carboxylic acids is 3. The minimum atomic E-state index is -0.604. The van der Waals surface area contributed by atoms with Crippen LogP contribution in [0.15, 0.2) is 42.6 Å². The zero-order valence-electron chi connectivity index (χ0n) is 19.0. The maximum absolute atomic E-state index is 13.4. The van der Waals surface area contributed by atoms with Crippen LogP contribution < -0.4 is 16.0 Å². The second-order valence-electron chi connectivity index (χ2n) is 9.24. The summed E-state index contributed by atoms with van der Waals surface area (Å²) in [5.74, 6) is -0.427. The number of hydrogen-bond acceptors (Lipinski definition) is 4. The molecule has 4 amide bonds. The van der Waals surface area contributed by atoms with Crippen LogP contribution in [0.5, 0.6) is 0 Å². The molecule has 2 fully saturated rings. The lowest BCUT2D eigenvalue weighted by atomic mass is 9.96. The van der Waals surface area contributed by atoms with Gasteiger partial charge in [-0.25, -0.2) is 4.79 Å². The van der Waals surface area contributed by atoms with Crippen molar-refractivity contribution in [1.82, 2.24) is 20.5 Å². The molecular formula is C26H29N5O3. The Labute approximate surface area is 198 Å². The third-order valence-corrected chi connectivity index (χ3v) is 6.81. The van der Waals surface area contributed by atoms with Gasteiger partial charge in [0, 0.05) is 18.8 Å². The van der Waals surface area contributed by atoms with Crippen LogP contribution in [-0.4, -0.2) is 52.4 Å². The van der Waals surface area contributed by atoms with E-state index >= 15 is 0 Å². The van der Waals surface area contributed by atoms with E-state index in [1.54, 1.807) is 23.2 Å². The summed E-state index contributed by atoms with van der Waals surface area (Å²) in [5.41, 5.74) is 2.62. The van der Waals surface area contributed by atoms with Crippen molar-refractivity contribution in [2.75, 3.05) is 11.9 Å². The highest BCUT2D eigenvalue weighted by Gasteiger charge is 2.43. The first-order chi connectivity index (χ1) is 16.6. The van der Waals surface area contributed by atoms with Crippen LogP contribution in [0.1, 0.15) is 60.1 Å². The minimum Gasteiger partial charge on any atom is -0.335 e. The molecule has 0 spiro atoms. The van der Waals surface area contributed by atoms with Crippen LogP contribution in [0, 0.1) is 0 Å². The maximum Gasteiger partial charge on any atom is 0.315 e. The summed E-state index contributed by atoms with van der Waals surface area (Å²) in [6, 6.07) is 10.2. The van der Waals surface area contributed by atoms with Gasteiger partial charge in [0.05, 0.1) is 23.0 Å². The Balaban J connectivity index is 1.28. The van der Waals surface area contributed by atoms with E-state index in [0.717, 1.165) is 36.9 Å². The van der Waals surface area contributed by atoms with Gasteiger partial charge in [-0.1, -0.05) is 37.5 Å². The smallest absolute Gasteiger partial charge is 0.315 e. The first-order valence-electron chi connectivity index (χ1n) is 12.0. The van der Waals surface area contributed by atoms with E-state index in [9.17, 15) is 14.4 Å². The molecule has 1 saturated heterocycles. The van der Waals surface area contributed by atoms with Crippen molar-refractivity contribution >= 4 is 35.7 Å². The second-order valence-corrected chi connectivity index (χ2v) is 9.24. The molecule has 0 bridgehead atoms. The maximum atomic E-state index is 13.4. The minimum absolute atomic E-state index is 0.204. The summed E-state index contributed by atoms with van der Waals surface area (Å²) >= 11 is 0. The highest BCUT2D eigenvalue weighted by Crippen LogP contribution is 2.30. The first-order valence-corrected chi connectivity index (χ1v) is 12.0. The summed E-state index contributed by atoms with van der Waals surface area (Å²) in [6.45, 7) is 0.308. The topological polar surface area (TPSA) is 103 Å². The molecular weight excluding hydrogens is 430 g/mol. The number of benzene rings is 1. The molecule has 0 radical (unpaired) electrons. The summed E-state index contributed by atoms with van der Waals surface area (Å²) in [4.78, 5) is 44.7. The number of nitrogens with zero attached hydrogens (tertiary/aromatic N) is 2. The number of carbonyl (C=O) groups is 3. The largest absolute Gasteiger partial charge is 0.335 e. The Hall–Kier alpha value is -3.68. The van der Waals surface area contributed by atoms with Crippen molar-refractivity contribution in [2.45, 2.75) is 56.7 Å². The zero-order valence-corrected chi connectivity index (χ0v) is 19.0. The SMILES string of the molecule is O=C(NC1CCCCC1)NC1CC2C(=O)Nc3ccc(C=Cc4ccccn4)cc3C(=O)N2C1. The van der Waals surface area contributed by atoms with Crippen LogP contribution in [0.4, 0.5) is 10.5 Å². The van der Waals surface area contributed by atoms with Crippen LogP contribution in [-0.2, 0) is 4.79 Å². The lowest BCUT2D eigenvalue weighted by Gasteiger charge is -2.24. The monoisotopic (exact) mass is 459 g/mol. The molecule has 8 heteroatoms. The van der Waals surface area contributed by atoms with Gasteiger partial charge in [-0.15, -0.1) is 0 Å². The third kappa shape index (κ3) is 4.81. The van der Waals surface area contributed by atoms with Gasteiger partial charge in [-0.05, 0) is 55.2 Å². The van der Waals surface area contributed by atoms with E-state index in [-0.39, 0.29) is 29.9 Å². The third-order valence-electron chi connectivity index (χ3n) is 6.81. The summed E-state index contributed by atoms with van der Waals surface area (Å²) in [5, 5.41) is 8.92. The molecule has 2 aliphatic heterocycles. The Kier molecular flexibility index (Phi) is 6.29. The molecule has 3 heterocycles. The molecule has 176 valence electrons. The van der Waals surface area contributed by atoms with Gasteiger partial charge >= 0.3 is 6.03 Å². The van der Waals surface area contributed by atoms with Gasteiger partial charge in [0.25, 0.3) is 5.91 Å². The number of hydrogen-bond donors (Lipinski definition) is 3. The van der Waals surface area contributed by atoms with Crippen molar-refractivity contribution in [2.24, 2.45) is 0 Å². The number of pyridine rings is 1. The van der Waals surface area contributed by atoms with Crippen molar-refractivity contribution in [3.05, 3.63) is 59.4 Å². The average molecular weight is 460 g/mol. The standard InChI is InChI=1S/C26H29N5O3/c32-24-23-15-20(29-26(34)28-19-7-2-1-3-8-19)16-31(23)25(33)21-14-17(10-12-22(21)30-24)9-11-18-6-4-5-13-27-18/h4-6,9-14,19-20,23H,1-3,7-8,15-16H2,(H,30,32)(H2,28,29,34). The van der Waals surface area contributed by atoms with Gasteiger partial charge in [0.1, 0.15) is 6.04 Å². The summed E-state index contributed by atoms with van der Waals surface area (Å²) in [7, 11) is 0. The fourth-order valence-electron chi connectivity index (χ4n) is 5.05. The Morgan fingerprint density at radius 2 is 1.85 bits per heavy atom. The number of aromatic nitrogens is 1. The molecule has 1 aromatic heterocycles. The lowest BCUT2D eigenvalue weighted by Crippen LogP contribution is -2.47. The normalized spacial score (nSPS) is 22.6. The highest BCUT2D eigenvalue weighted by atomic mass is 16.2. The molecule has 5 rings (SSSR count). The first kappa shape index (κ1) is 22.1. The Bertz CT molecular complexity index is 1110. The van der Waals surface area contributed by atoms with Gasteiger partial charge < -0.3 is 20.9 Å². The predicted molar refractivity (Wildman–Crippen MR) is 130 cm³/mol. The molecule has 1 aromatic carbocycles. The van der Waals surface area contributed by atoms with Crippen LogP contribution in [0.25, 0.3) is 12.2 Å². The van der Waals surface area contributed by atoms with Crippen LogP contribution in [0.2, 0.25) is 0 Å². The quantitative estimate of drug-likeness (QED) is 0.652. The zero-order chi connectivity index (χ0) is 23.5. The Morgan fingerprint density at radius 1 is 1.03 bits per heavy atom. The number of urea groups is 1. The molecule has 8 nitrogen and oxygen atoms in total. The fraction of sp³-hybridized carbons (Fsp3) is 0.385. The van der Waals surface area contributed by atoms with E-state index in [0.29, 0.717) is 24.2 Å². The molecule has 2 atom stereocenters. The van der Waals surface area contributed by atoms with Crippen LogP contribution in [0.3, 0.4) is 0 Å². The average Bonchev–Trinajstić information content (AvgIpc) is 3.24. The van der Waals surface area contributed by atoms with Crippen molar-refractivity contribution < 1.29 is 14.4 Å². The van der Waals surface area contributed by atoms with Gasteiger partial charge in [-0.2, -0.15) is 0 Å². The molecule has 34 heavy (non-hydrogen) atoms. The van der Waals surface area contributed by atoms with Crippen LogP contribution >= 0.6 is 0 Å². The molecule has 3 N–H and O–H groups in total. The van der Waals surface area contributed by atoms with E-state index in [2.05, 4.69) is 20.9 Å². The Morgan fingerprint density at radius 3 is 2.65 bits per heavy atom. The van der Waals surface area contributed by atoms with Gasteiger partial charge in [0.2, 0.25) is 5.91 Å². The number of nitrogens with one attached hydrogen (secondary N) is 3. The predicted octanol–water partition coefficient (Wildman–Crippen LogP) is 3.42. The number of rotatable bonds is 4. The second kappa shape index (κ2) is 9.67. The van der Waals surface area contributed by atoms with Crippen molar-refractivity contribution in [1.29, 1.82) is 0 Å². The van der Waals surface area contributed by atoms with E-state index in [1.807, 2.05) is 36.4 Å². The highest BCUT2D eigenvalue weighted by molar-refractivity contribution is 6.10. The number of fused-ring (bicyclic) bond motifs is 2. The molecule has 1 aliphatic carbocycles. The van der Waals surface area contributed by atoms with Gasteiger partial charge in [0.15, 0.2) is 0 Å².